The normalized spacial score (nSPS) is 12.4. The van der Waals surface area contributed by atoms with Crippen LogP contribution in [0.5, 0.6) is 5.75 Å². The van der Waals surface area contributed by atoms with E-state index in [2.05, 4.69) is 57.1 Å². The van der Waals surface area contributed by atoms with Crippen LogP contribution in [-0.4, -0.2) is 10.2 Å². The molecule has 0 saturated heterocycles. The van der Waals surface area contributed by atoms with Crippen LogP contribution in [0.2, 0.25) is 0 Å². The second-order valence-electron chi connectivity index (χ2n) is 8.39. The van der Waals surface area contributed by atoms with Crippen molar-refractivity contribution in [2.24, 2.45) is 10.2 Å². The molecule has 0 bridgehead atoms. The van der Waals surface area contributed by atoms with Gasteiger partial charge < -0.3 is 10.4 Å². The smallest absolute Gasteiger partial charge is 0.218 e. The van der Waals surface area contributed by atoms with Gasteiger partial charge in [0.05, 0.1) is 5.69 Å². The highest BCUT2D eigenvalue weighted by Crippen LogP contribution is 2.41. The molecule has 0 atom stereocenters. The number of nitrogens with one attached hydrogen (secondary N) is 1. The van der Waals surface area contributed by atoms with Gasteiger partial charge in [0.25, 0.3) is 0 Å². The van der Waals surface area contributed by atoms with Gasteiger partial charge in [-0.2, -0.15) is 0 Å². The minimum absolute atomic E-state index is 0.210. The number of benzene rings is 2. The molecule has 26 heavy (non-hydrogen) atoms. The van der Waals surface area contributed by atoms with E-state index in [1.807, 2.05) is 42.5 Å². The predicted molar refractivity (Wildman–Crippen MR) is 113 cm³/mol. The van der Waals surface area contributed by atoms with E-state index in [1.165, 1.54) is 0 Å². The third kappa shape index (κ3) is 5.11. The van der Waals surface area contributed by atoms with Gasteiger partial charge in [-0.25, -0.2) is 0 Å². The van der Waals surface area contributed by atoms with Crippen molar-refractivity contribution in [2.75, 3.05) is 5.32 Å². The number of azo groups is 1. The quantitative estimate of drug-likeness (QED) is 0.471. The average molecular weight is 370 g/mol. The minimum atomic E-state index is -0.210. The summed E-state index contributed by atoms with van der Waals surface area (Å²) in [4.78, 5) is 0. The van der Waals surface area contributed by atoms with Gasteiger partial charge in [-0.3, -0.25) is 0 Å². The van der Waals surface area contributed by atoms with Gasteiger partial charge in [0.1, 0.15) is 5.75 Å². The lowest BCUT2D eigenvalue weighted by Crippen LogP contribution is -2.16. The third-order valence-corrected chi connectivity index (χ3v) is 4.18. The molecule has 0 amide bonds. The summed E-state index contributed by atoms with van der Waals surface area (Å²) in [5.41, 5.74) is 2.82. The Bertz CT molecular complexity index is 780. The highest BCUT2D eigenvalue weighted by atomic mass is 32.1. The maximum Gasteiger partial charge on any atom is 0.218 e. The van der Waals surface area contributed by atoms with Gasteiger partial charge in [0, 0.05) is 16.8 Å². The van der Waals surface area contributed by atoms with Crippen LogP contribution in [0.3, 0.4) is 0 Å². The molecule has 0 spiro atoms. The number of para-hydroxylation sites is 1. The zero-order chi connectivity index (χ0) is 19.5. The lowest BCUT2D eigenvalue weighted by atomic mass is 9.79. The van der Waals surface area contributed by atoms with Gasteiger partial charge in [0.2, 0.25) is 5.11 Å². The lowest BCUT2D eigenvalue weighted by Gasteiger charge is -2.27. The first kappa shape index (κ1) is 20.0. The molecule has 2 aromatic rings. The minimum Gasteiger partial charge on any atom is -0.507 e. The molecular weight excluding hydrogens is 342 g/mol. The van der Waals surface area contributed by atoms with Crippen LogP contribution >= 0.6 is 12.2 Å². The molecule has 2 aromatic carbocycles. The van der Waals surface area contributed by atoms with Crippen LogP contribution < -0.4 is 5.32 Å². The van der Waals surface area contributed by atoms with Crippen molar-refractivity contribution in [1.29, 1.82) is 0 Å². The standard InChI is InChI=1S/C21H27N3OS/c1-20(2,3)16-12-15(13-17(18(16)25)21(4,5)6)23-24-19(26)22-14-10-8-7-9-11-14/h7-13,25H,1-6H3,(H,22,26). The molecule has 0 saturated carbocycles. The van der Waals surface area contributed by atoms with E-state index in [0.29, 0.717) is 16.5 Å². The summed E-state index contributed by atoms with van der Waals surface area (Å²) in [6.45, 7) is 12.4. The summed E-state index contributed by atoms with van der Waals surface area (Å²) < 4.78 is 0. The molecule has 0 aliphatic heterocycles. The van der Waals surface area contributed by atoms with Crippen LogP contribution in [-0.2, 0) is 10.8 Å². The van der Waals surface area contributed by atoms with Crippen LogP contribution in [0.1, 0.15) is 52.7 Å². The van der Waals surface area contributed by atoms with Crippen LogP contribution in [0.25, 0.3) is 0 Å². The molecule has 0 aromatic heterocycles. The number of anilines is 1. The molecule has 5 heteroatoms. The molecule has 0 radical (unpaired) electrons. The lowest BCUT2D eigenvalue weighted by molar-refractivity contribution is 0.423. The summed E-state index contributed by atoms with van der Waals surface area (Å²) in [7, 11) is 0. The van der Waals surface area contributed by atoms with Gasteiger partial charge in [-0.15, -0.1) is 10.2 Å². The summed E-state index contributed by atoms with van der Waals surface area (Å²) in [5, 5.41) is 22.5. The van der Waals surface area contributed by atoms with Gasteiger partial charge in [-0.1, -0.05) is 59.7 Å². The Morgan fingerprint density at radius 2 is 1.42 bits per heavy atom. The van der Waals surface area contributed by atoms with E-state index < -0.39 is 0 Å². The Kier molecular flexibility index (Phi) is 5.81. The Morgan fingerprint density at radius 1 is 0.923 bits per heavy atom. The highest BCUT2D eigenvalue weighted by molar-refractivity contribution is 7.80. The second-order valence-corrected chi connectivity index (χ2v) is 8.77. The topological polar surface area (TPSA) is 57.0 Å². The molecule has 0 aliphatic rings. The van der Waals surface area contributed by atoms with Crippen LogP contribution in [0.4, 0.5) is 11.4 Å². The number of rotatable bonds is 2. The SMILES string of the molecule is CC(C)(C)c1cc(N=NC(=S)Nc2ccccc2)cc(C(C)(C)C)c1O. The van der Waals surface area contributed by atoms with Crippen molar-refractivity contribution >= 4 is 28.7 Å². The first-order valence-electron chi connectivity index (χ1n) is 8.64. The molecule has 2 rings (SSSR count). The number of nitrogens with zero attached hydrogens (tertiary/aromatic N) is 2. The number of phenols is 1. The zero-order valence-electron chi connectivity index (χ0n) is 16.3. The maximum atomic E-state index is 10.7. The largest absolute Gasteiger partial charge is 0.507 e. The number of phenolic OH excluding ortho intramolecular Hbond substituents is 1. The first-order valence-corrected chi connectivity index (χ1v) is 9.05. The summed E-state index contributed by atoms with van der Waals surface area (Å²) >= 11 is 5.25. The first-order chi connectivity index (χ1) is 12.0. The van der Waals surface area contributed by atoms with Gasteiger partial charge >= 0.3 is 0 Å². The van der Waals surface area contributed by atoms with Crippen LogP contribution in [0.15, 0.2) is 52.7 Å². The van der Waals surface area contributed by atoms with Crippen molar-refractivity contribution in [2.45, 2.75) is 52.4 Å². The van der Waals surface area contributed by atoms with Crippen molar-refractivity contribution in [3.05, 3.63) is 53.6 Å². The average Bonchev–Trinajstić information content (AvgIpc) is 2.52. The molecule has 0 unspecified atom stereocenters. The monoisotopic (exact) mass is 369 g/mol. The fourth-order valence-electron chi connectivity index (χ4n) is 2.59. The Hall–Kier alpha value is -2.27. The zero-order valence-corrected chi connectivity index (χ0v) is 17.1. The molecule has 2 N–H and O–H groups in total. The summed E-state index contributed by atoms with van der Waals surface area (Å²) in [5.74, 6) is 0.328. The fraction of sp³-hybridized carbons (Fsp3) is 0.381. The number of thiocarbonyl (C=S) groups is 1. The van der Waals surface area contributed by atoms with Gasteiger partial charge in [-0.05, 0) is 47.3 Å². The Balaban J connectivity index is 2.35. The molecule has 0 fully saturated rings. The number of hydrogen-bond acceptors (Lipinski definition) is 3. The summed E-state index contributed by atoms with van der Waals surface area (Å²) in [6, 6.07) is 13.4. The fourth-order valence-corrected chi connectivity index (χ4v) is 2.75. The molecular formula is C21H27N3OS. The van der Waals surface area contributed by atoms with E-state index in [4.69, 9.17) is 12.2 Å². The van der Waals surface area contributed by atoms with E-state index in [-0.39, 0.29) is 10.8 Å². The number of aromatic hydroxyl groups is 1. The summed E-state index contributed by atoms with van der Waals surface area (Å²) in [6.07, 6.45) is 0. The Labute approximate surface area is 161 Å². The maximum absolute atomic E-state index is 10.7. The van der Waals surface area contributed by atoms with Crippen molar-refractivity contribution in [1.82, 2.24) is 0 Å². The molecule has 0 heterocycles. The third-order valence-electron chi connectivity index (χ3n) is 3.99. The molecule has 0 aliphatic carbocycles. The van der Waals surface area contributed by atoms with Gasteiger partial charge in [0.15, 0.2) is 0 Å². The van der Waals surface area contributed by atoms with E-state index in [0.717, 1.165) is 16.8 Å². The molecule has 138 valence electrons. The Morgan fingerprint density at radius 3 is 1.88 bits per heavy atom. The predicted octanol–water partition coefficient (Wildman–Crippen LogP) is 6.47. The van der Waals surface area contributed by atoms with Crippen molar-refractivity contribution in [3.63, 3.8) is 0 Å². The second kappa shape index (κ2) is 7.54. The van der Waals surface area contributed by atoms with Crippen molar-refractivity contribution in [3.8, 4) is 5.75 Å². The van der Waals surface area contributed by atoms with E-state index >= 15 is 0 Å². The van der Waals surface area contributed by atoms with E-state index in [1.54, 1.807) is 0 Å². The highest BCUT2D eigenvalue weighted by Gasteiger charge is 2.26. The van der Waals surface area contributed by atoms with E-state index in [9.17, 15) is 5.11 Å². The van der Waals surface area contributed by atoms with Crippen molar-refractivity contribution < 1.29 is 5.11 Å². The van der Waals surface area contributed by atoms with Crippen LogP contribution in [0, 0.1) is 0 Å². The number of hydrogen-bond donors (Lipinski definition) is 2. The molecule has 4 nitrogen and oxygen atoms in total.